The SMILES string of the molecule is C[C@@H](c1ccccc1)N1CCN([C@@H](C)c2ccc(C#N)cc2)C1=O. The fraction of sp³-hybridized carbons (Fsp3) is 0.300. The van der Waals surface area contributed by atoms with Gasteiger partial charge in [0.25, 0.3) is 0 Å². The second-order valence-electron chi connectivity index (χ2n) is 6.17. The van der Waals surface area contributed by atoms with Crippen molar-refractivity contribution in [2.75, 3.05) is 13.1 Å². The number of nitrogens with zero attached hydrogens (tertiary/aromatic N) is 3. The Labute approximate surface area is 142 Å². The summed E-state index contributed by atoms with van der Waals surface area (Å²) in [5, 5.41) is 8.90. The van der Waals surface area contributed by atoms with E-state index in [1.165, 1.54) is 0 Å². The quantitative estimate of drug-likeness (QED) is 0.851. The van der Waals surface area contributed by atoms with Gasteiger partial charge in [-0.05, 0) is 37.1 Å². The van der Waals surface area contributed by atoms with Crippen molar-refractivity contribution < 1.29 is 4.79 Å². The average Bonchev–Trinajstić information content (AvgIpc) is 3.02. The Morgan fingerprint density at radius 1 is 0.875 bits per heavy atom. The van der Waals surface area contributed by atoms with Crippen molar-refractivity contribution in [3.05, 3.63) is 71.3 Å². The van der Waals surface area contributed by atoms with Crippen molar-refractivity contribution in [1.82, 2.24) is 9.80 Å². The second-order valence-corrected chi connectivity index (χ2v) is 6.17. The first kappa shape index (κ1) is 16.1. The summed E-state index contributed by atoms with van der Waals surface area (Å²) >= 11 is 0. The van der Waals surface area contributed by atoms with Crippen LogP contribution in [0.4, 0.5) is 4.79 Å². The van der Waals surface area contributed by atoms with Crippen molar-refractivity contribution >= 4 is 6.03 Å². The Morgan fingerprint density at radius 2 is 1.38 bits per heavy atom. The summed E-state index contributed by atoms with van der Waals surface area (Å²) in [5.74, 6) is 0. The van der Waals surface area contributed by atoms with Crippen molar-refractivity contribution in [3.8, 4) is 6.07 Å². The van der Waals surface area contributed by atoms with E-state index in [-0.39, 0.29) is 18.1 Å². The summed E-state index contributed by atoms with van der Waals surface area (Å²) in [4.78, 5) is 16.7. The van der Waals surface area contributed by atoms with Gasteiger partial charge in [-0.25, -0.2) is 4.79 Å². The molecular weight excluding hydrogens is 298 g/mol. The van der Waals surface area contributed by atoms with Gasteiger partial charge in [0.15, 0.2) is 0 Å². The molecule has 0 bridgehead atoms. The lowest BCUT2D eigenvalue weighted by molar-refractivity contribution is 0.170. The zero-order chi connectivity index (χ0) is 17.1. The maximum Gasteiger partial charge on any atom is 0.321 e. The summed E-state index contributed by atoms with van der Waals surface area (Å²) in [6.07, 6.45) is 0. The zero-order valence-electron chi connectivity index (χ0n) is 14.0. The lowest BCUT2D eigenvalue weighted by Crippen LogP contribution is -2.35. The van der Waals surface area contributed by atoms with Crippen LogP contribution in [-0.2, 0) is 0 Å². The van der Waals surface area contributed by atoms with E-state index < -0.39 is 0 Å². The van der Waals surface area contributed by atoms with Crippen LogP contribution in [0.3, 0.4) is 0 Å². The first-order chi connectivity index (χ1) is 11.6. The van der Waals surface area contributed by atoms with Crippen molar-refractivity contribution in [2.45, 2.75) is 25.9 Å². The molecule has 3 rings (SSSR count). The minimum Gasteiger partial charge on any atom is -0.316 e. The van der Waals surface area contributed by atoms with E-state index in [0.717, 1.165) is 24.2 Å². The van der Waals surface area contributed by atoms with Gasteiger partial charge in [0.05, 0.1) is 23.7 Å². The zero-order valence-corrected chi connectivity index (χ0v) is 14.0. The van der Waals surface area contributed by atoms with E-state index in [2.05, 4.69) is 25.1 Å². The van der Waals surface area contributed by atoms with Crippen LogP contribution in [0.2, 0.25) is 0 Å². The van der Waals surface area contributed by atoms with E-state index in [1.807, 2.05) is 47.1 Å². The molecule has 4 nitrogen and oxygen atoms in total. The van der Waals surface area contributed by atoms with Gasteiger partial charge in [0.1, 0.15) is 0 Å². The van der Waals surface area contributed by atoms with Gasteiger partial charge in [-0.15, -0.1) is 0 Å². The Morgan fingerprint density at radius 3 is 1.88 bits per heavy atom. The van der Waals surface area contributed by atoms with Crippen LogP contribution in [-0.4, -0.2) is 28.9 Å². The smallest absolute Gasteiger partial charge is 0.316 e. The molecule has 0 saturated carbocycles. The monoisotopic (exact) mass is 319 g/mol. The topological polar surface area (TPSA) is 47.3 Å². The first-order valence-corrected chi connectivity index (χ1v) is 8.24. The minimum absolute atomic E-state index is 0.00165. The van der Waals surface area contributed by atoms with Gasteiger partial charge < -0.3 is 9.80 Å². The minimum atomic E-state index is -0.00165. The molecule has 24 heavy (non-hydrogen) atoms. The molecule has 0 spiro atoms. The number of amides is 2. The molecule has 0 N–H and O–H groups in total. The second kappa shape index (κ2) is 6.76. The maximum atomic E-state index is 12.9. The third-order valence-electron chi connectivity index (χ3n) is 4.81. The Hall–Kier alpha value is -2.80. The summed E-state index contributed by atoms with van der Waals surface area (Å²) in [6, 6.07) is 19.8. The van der Waals surface area contributed by atoms with Gasteiger partial charge >= 0.3 is 6.03 Å². The highest BCUT2D eigenvalue weighted by Gasteiger charge is 2.35. The third kappa shape index (κ3) is 2.98. The van der Waals surface area contributed by atoms with Crippen LogP contribution >= 0.6 is 0 Å². The fourth-order valence-corrected chi connectivity index (χ4v) is 3.22. The van der Waals surface area contributed by atoms with Crippen LogP contribution in [0.5, 0.6) is 0 Å². The maximum absolute atomic E-state index is 12.9. The third-order valence-corrected chi connectivity index (χ3v) is 4.81. The van der Waals surface area contributed by atoms with Crippen molar-refractivity contribution in [1.29, 1.82) is 5.26 Å². The molecule has 1 heterocycles. The molecule has 0 aliphatic carbocycles. The van der Waals surface area contributed by atoms with Gasteiger partial charge in [0.2, 0.25) is 0 Å². The summed E-state index contributed by atoms with van der Waals surface area (Å²) < 4.78 is 0. The van der Waals surface area contributed by atoms with E-state index in [0.29, 0.717) is 5.56 Å². The molecule has 122 valence electrons. The number of carbonyl (C=O) groups excluding carboxylic acids is 1. The number of benzene rings is 2. The summed E-state index contributed by atoms with van der Waals surface area (Å²) in [6.45, 7) is 5.56. The van der Waals surface area contributed by atoms with Gasteiger partial charge in [-0.2, -0.15) is 5.26 Å². The van der Waals surface area contributed by atoms with Crippen LogP contribution in [0.1, 0.15) is 42.6 Å². The number of urea groups is 1. The number of carbonyl (C=O) groups is 1. The Bertz CT molecular complexity index is 749. The Balaban J connectivity index is 1.74. The molecule has 0 unspecified atom stereocenters. The average molecular weight is 319 g/mol. The molecule has 0 aromatic heterocycles. The highest BCUT2D eigenvalue weighted by molar-refractivity contribution is 5.77. The first-order valence-electron chi connectivity index (χ1n) is 8.24. The molecule has 1 aliphatic rings. The Kier molecular flexibility index (Phi) is 4.52. The van der Waals surface area contributed by atoms with Crippen LogP contribution in [0.15, 0.2) is 54.6 Å². The lowest BCUT2D eigenvalue weighted by atomic mass is 10.1. The molecule has 4 heteroatoms. The van der Waals surface area contributed by atoms with E-state index in [1.54, 1.807) is 12.1 Å². The number of rotatable bonds is 4. The highest BCUT2D eigenvalue weighted by atomic mass is 16.2. The van der Waals surface area contributed by atoms with E-state index in [4.69, 9.17) is 5.26 Å². The van der Waals surface area contributed by atoms with Crippen LogP contribution in [0, 0.1) is 11.3 Å². The lowest BCUT2D eigenvalue weighted by Gasteiger charge is -2.28. The number of hydrogen-bond acceptors (Lipinski definition) is 2. The van der Waals surface area contributed by atoms with Gasteiger partial charge in [-0.1, -0.05) is 42.5 Å². The van der Waals surface area contributed by atoms with Gasteiger partial charge in [-0.3, -0.25) is 0 Å². The fourth-order valence-electron chi connectivity index (χ4n) is 3.22. The van der Waals surface area contributed by atoms with Crippen molar-refractivity contribution in [3.63, 3.8) is 0 Å². The number of hydrogen-bond donors (Lipinski definition) is 0. The summed E-state index contributed by atoms with van der Waals surface area (Å²) in [5.41, 5.74) is 2.84. The molecule has 2 atom stereocenters. The van der Waals surface area contributed by atoms with E-state index in [9.17, 15) is 4.79 Å². The molecular formula is C20H21N3O. The molecule has 2 aromatic rings. The predicted octanol–water partition coefficient (Wildman–Crippen LogP) is 4.12. The molecule has 1 saturated heterocycles. The van der Waals surface area contributed by atoms with Crippen molar-refractivity contribution in [2.24, 2.45) is 0 Å². The van der Waals surface area contributed by atoms with Crippen LogP contribution < -0.4 is 0 Å². The molecule has 1 aliphatic heterocycles. The standard InChI is InChI=1S/C20H21N3O/c1-15(18-6-4-3-5-7-18)22-12-13-23(20(22)24)16(2)19-10-8-17(14-21)9-11-19/h3-11,15-16H,12-13H2,1-2H3/t15-,16-/m0/s1. The molecule has 2 aromatic carbocycles. The van der Waals surface area contributed by atoms with Gasteiger partial charge in [0, 0.05) is 13.1 Å². The van der Waals surface area contributed by atoms with E-state index >= 15 is 0 Å². The molecule has 2 amide bonds. The predicted molar refractivity (Wildman–Crippen MR) is 93.2 cm³/mol. The normalized spacial score (nSPS) is 16.8. The number of nitriles is 1. The summed E-state index contributed by atoms with van der Waals surface area (Å²) in [7, 11) is 0. The molecule has 0 radical (unpaired) electrons. The highest BCUT2D eigenvalue weighted by Crippen LogP contribution is 2.30. The van der Waals surface area contributed by atoms with Crippen LogP contribution in [0.25, 0.3) is 0 Å². The largest absolute Gasteiger partial charge is 0.321 e. The molecule has 1 fully saturated rings.